The zero-order chi connectivity index (χ0) is 22.6. The number of allylic oxidation sites excluding steroid dienone is 1. The summed E-state index contributed by atoms with van der Waals surface area (Å²) in [6, 6.07) is 6.42. The van der Waals surface area contributed by atoms with E-state index in [1.165, 1.54) is 5.57 Å². The number of carbonyl (C=O) groups excluding carboxylic acids is 1. The highest BCUT2D eigenvalue weighted by atomic mass is 32.2. The molecule has 1 fully saturated rings. The Morgan fingerprint density at radius 2 is 1.84 bits per heavy atom. The highest BCUT2D eigenvalue weighted by Gasteiger charge is 2.34. The summed E-state index contributed by atoms with van der Waals surface area (Å²) in [4.78, 5) is 14.9. The first-order valence-corrected chi connectivity index (χ1v) is 12.8. The number of nitrogens with one attached hydrogen (secondary N) is 1. The Hall–Kier alpha value is -1.86. The zero-order valence-corrected chi connectivity index (χ0v) is 20.0. The van der Waals surface area contributed by atoms with Crippen LogP contribution < -0.4 is 9.46 Å². The Kier molecular flexibility index (Phi) is 7.81. The van der Waals surface area contributed by atoms with Gasteiger partial charge in [-0.2, -0.15) is 0 Å². The van der Waals surface area contributed by atoms with Crippen molar-refractivity contribution >= 4 is 15.9 Å². The van der Waals surface area contributed by atoms with Crippen LogP contribution in [0.25, 0.3) is 0 Å². The second-order valence-electron chi connectivity index (χ2n) is 9.23. The van der Waals surface area contributed by atoms with E-state index in [2.05, 4.69) is 31.6 Å². The Bertz CT molecular complexity index is 887. The topological polar surface area (TPSA) is 75.7 Å². The van der Waals surface area contributed by atoms with Crippen LogP contribution in [0.2, 0.25) is 0 Å². The Balaban J connectivity index is 1.67. The van der Waals surface area contributed by atoms with E-state index >= 15 is 0 Å². The van der Waals surface area contributed by atoms with E-state index in [1.54, 1.807) is 31.4 Å². The van der Waals surface area contributed by atoms with Crippen molar-refractivity contribution in [2.24, 2.45) is 23.7 Å². The number of hydrogen-bond acceptors (Lipinski definition) is 4. The van der Waals surface area contributed by atoms with E-state index in [0.717, 1.165) is 32.4 Å². The van der Waals surface area contributed by atoms with Crippen molar-refractivity contribution in [2.45, 2.75) is 51.3 Å². The lowest BCUT2D eigenvalue weighted by Crippen LogP contribution is -2.38. The fraction of sp³-hybridized carbons (Fsp3) is 0.625. The van der Waals surface area contributed by atoms with E-state index in [4.69, 9.17) is 4.74 Å². The predicted octanol–water partition coefficient (Wildman–Crippen LogP) is 3.84. The summed E-state index contributed by atoms with van der Waals surface area (Å²) in [5, 5.41) is 0. The lowest BCUT2D eigenvalue weighted by Gasteiger charge is -2.37. The quantitative estimate of drug-likeness (QED) is 0.613. The molecule has 1 heterocycles. The van der Waals surface area contributed by atoms with E-state index in [9.17, 15) is 13.2 Å². The summed E-state index contributed by atoms with van der Waals surface area (Å²) in [6.07, 6.45) is 5.91. The number of carbonyl (C=O) groups is 1. The molecule has 3 rings (SSSR count). The summed E-state index contributed by atoms with van der Waals surface area (Å²) >= 11 is 0. The van der Waals surface area contributed by atoms with Crippen molar-refractivity contribution in [3.05, 3.63) is 35.9 Å². The van der Waals surface area contributed by atoms with Crippen LogP contribution in [-0.2, 0) is 14.8 Å². The molecule has 1 aromatic rings. The van der Waals surface area contributed by atoms with Gasteiger partial charge in [0.2, 0.25) is 15.9 Å². The molecule has 172 valence electrons. The SMILES string of the molecule is COc1ccc(S(=O)(=O)NCC2C=C(C)C(CC(=O)N3CCCC3)CC2C(C)C)cc1. The summed E-state index contributed by atoms with van der Waals surface area (Å²) in [5.74, 6) is 1.99. The molecular formula is C24H36N2O4S. The lowest BCUT2D eigenvalue weighted by molar-refractivity contribution is -0.131. The first-order chi connectivity index (χ1) is 14.7. The zero-order valence-electron chi connectivity index (χ0n) is 19.1. The third-order valence-electron chi connectivity index (χ3n) is 6.84. The molecule has 0 aromatic heterocycles. The molecule has 1 aliphatic heterocycles. The van der Waals surface area contributed by atoms with Gasteiger partial charge < -0.3 is 9.64 Å². The van der Waals surface area contributed by atoms with Crippen LogP contribution in [-0.4, -0.2) is 46.0 Å². The maximum atomic E-state index is 12.8. The summed E-state index contributed by atoms with van der Waals surface area (Å²) in [7, 11) is -2.04. The van der Waals surface area contributed by atoms with E-state index in [1.807, 2.05) is 4.90 Å². The van der Waals surface area contributed by atoms with Crippen LogP contribution in [0.5, 0.6) is 5.75 Å². The number of benzene rings is 1. The molecule has 3 atom stereocenters. The maximum absolute atomic E-state index is 12.8. The lowest BCUT2D eigenvalue weighted by atomic mass is 9.70. The van der Waals surface area contributed by atoms with Crippen LogP contribution in [0.1, 0.15) is 46.5 Å². The van der Waals surface area contributed by atoms with Gasteiger partial charge in [0.25, 0.3) is 0 Å². The Morgan fingerprint density at radius 3 is 2.42 bits per heavy atom. The van der Waals surface area contributed by atoms with Gasteiger partial charge in [-0.3, -0.25) is 4.79 Å². The highest BCUT2D eigenvalue weighted by Crippen LogP contribution is 2.39. The van der Waals surface area contributed by atoms with Crippen LogP contribution in [0, 0.1) is 23.7 Å². The average molecular weight is 449 g/mol. The predicted molar refractivity (Wildman–Crippen MR) is 122 cm³/mol. The van der Waals surface area contributed by atoms with E-state index < -0.39 is 10.0 Å². The minimum Gasteiger partial charge on any atom is -0.497 e. The van der Waals surface area contributed by atoms with E-state index in [-0.39, 0.29) is 22.6 Å². The van der Waals surface area contributed by atoms with Crippen molar-refractivity contribution in [3.63, 3.8) is 0 Å². The molecule has 0 spiro atoms. The van der Waals surface area contributed by atoms with Gasteiger partial charge >= 0.3 is 0 Å². The molecule has 2 aliphatic rings. The molecule has 1 saturated heterocycles. The summed E-state index contributed by atoms with van der Waals surface area (Å²) < 4.78 is 33.4. The van der Waals surface area contributed by atoms with Crippen LogP contribution in [0.4, 0.5) is 0 Å². The molecule has 0 radical (unpaired) electrons. The highest BCUT2D eigenvalue weighted by molar-refractivity contribution is 7.89. The van der Waals surface area contributed by atoms with Crippen LogP contribution in [0.15, 0.2) is 40.8 Å². The molecule has 6 nitrogen and oxygen atoms in total. The van der Waals surface area contributed by atoms with Gasteiger partial charge in [-0.25, -0.2) is 13.1 Å². The normalized spacial score (nSPS) is 24.4. The Labute approximate surface area is 187 Å². The number of likely N-dealkylation sites (tertiary alicyclic amines) is 1. The smallest absolute Gasteiger partial charge is 0.240 e. The van der Waals surface area contributed by atoms with Gasteiger partial charge in [0.1, 0.15) is 5.75 Å². The van der Waals surface area contributed by atoms with Gasteiger partial charge in [0.05, 0.1) is 12.0 Å². The molecule has 1 aliphatic carbocycles. The molecule has 0 saturated carbocycles. The largest absolute Gasteiger partial charge is 0.497 e. The van der Waals surface area contributed by atoms with E-state index in [0.29, 0.717) is 30.6 Å². The number of hydrogen-bond donors (Lipinski definition) is 1. The minimum absolute atomic E-state index is 0.117. The molecule has 1 aromatic carbocycles. The standard InChI is InChI=1S/C24H36N2O4S/c1-17(2)23-14-19(15-24(27)26-11-5-6-12-26)18(3)13-20(23)16-25-31(28,29)22-9-7-21(30-4)8-10-22/h7-10,13,17,19-20,23,25H,5-6,11-12,14-16H2,1-4H3. The molecule has 31 heavy (non-hydrogen) atoms. The first-order valence-electron chi connectivity index (χ1n) is 11.3. The van der Waals surface area contributed by atoms with Crippen molar-refractivity contribution in [3.8, 4) is 5.75 Å². The van der Waals surface area contributed by atoms with Crippen LogP contribution in [0.3, 0.4) is 0 Å². The molecule has 3 unspecified atom stereocenters. The van der Waals surface area contributed by atoms with Crippen molar-refractivity contribution < 1.29 is 17.9 Å². The third-order valence-corrected chi connectivity index (χ3v) is 8.28. The van der Waals surface area contributed by atoms with Crippen molar-refractivity contribution in [1.29, 1.82) is 0 Å². The molecule has 7 heteroatoms. The third kappa shape index (κ3) is 5.89. The molecule has 1 amide bonds. The van der Waals surface area contributed by atoms with Gasteiger partial charge in [-0.1, -0.05) is 25.5 Å². The maximum Gasteiger partial charge on any atom is 0.240 e. The average Bonchev–Trinajstić information content (AvgIpc) is 3.28. The van der Waals surface area contributed by atoms with Gasteiger partial charge in [0, 0.05) is 26.1 Å². The van der Waals surface area contributed by atoms with Gasteiger partial charge in [0.15, 0.2) is 0 Å². The van der Waals surface area contributed by atoms with Crippen LogP contribution >= 0.6 is 0 Å². The fourth-order valence-electron chi connectivity index (χ4n) is 4.86. The van der Waals surface area contributed by atoms with Crippen molar-refractivity contribution in [1.82, 2.24) is 9.62 Å². The fourth-order valence-corrected chi connectivity index (χ4v) is 5.93. The number of ether oxygens (including phenoxy) is 1. The number of rotatable bonds is 8. The number of methoxy groups -OCH3 is 1. The monoisotopic (exact) mass is 448 g/mol. The molecular weight excluding hydrogens is 412 g/mol. The molecule has 1 N–H and O–H groups in total. The number of nitrogens with zero attached hydrogens (tertiary/aromatic N) is 1. The summed E-state index contributed by atoms with van der Waals surface area (Å²) in [5.41, 5.74) is 1.21. The first kappa shape index (κ1) is 23.8. The second kappa shape index (κ2) is 10.2. The number of sulfonamides is 1. The van der Waals surface area contributed by atoms with Gasteiger partial charge in [-0.05, 0) is 74.1 Å². The molecule has 0 bridgehead atoms. The second-order valence-corrected chi connectivity index (χ2v) is 11.0. The number of amides is 1. The minimum atomic E-state index is -3.59. The summed E-state index contributed by atoms with van der Waals surface area (Å²) in [6.45, 7) is 8.59. The Morgan fingerprint density at radius 1 is 1.19 bits per heavy atom. The van der Waals surface area contributed by atoms with Gasteiger partial charge in [-0.15, -0.1) is 0 Å². The van der Waals surface area contributed by atoms with Crippen molar-refractivity contribution in [2.75, 3.05) is 26.7 Å².